The second-order valence-corrected chi connectivity index (χ2v) is 9.90. The molecule has 3 amide bonds. The highest BCUT2D eigenvalue weighted by Crippen LogP contribution is 2.27. The topological polar surface area (TPSA) is 124 Å². The number of likely N-dealkylation sites (tertiary alicyclic amines) is 1. The molecule has 11 nitrogen and oxygen atoms in total. The third kappa shape index (κ3) is 4.72. The van der Waals surface area contributed by atoms with Gasteiger partial charge in [-0.1, -0.05) is 18.2 Å². The zero-order valence-electron chi connectivity index (χ0n) is 20.8. The standard InChI is InChI=1S/C27H29N7O4/c35-24-22-7-4-8-29-25(22)38-16-21-15-32(26(36)18-5-2-1-3-6-18)9-10-34(21)27(37)23-11-19(31-24)13-33(23)14-20-12-28-17-30-20/h1-8,12,17,19,21,23H,9-11,13-16H2,(H,28,30)(H,31,35)/t19-,21+,23+/m1/s1. The lowest BCUT2D eigenvalue weighted by molar-refractivity contribution is -0.141. The Morgan fingerprint density at radius 3 is 2.76 bits per heavy atom. The summed E-state index contributed by atoms with van der Waals surface area (Å²) in [5.74, 6) is -0.171. The van der Waals surface area contributed by atoms with Crippen LogP contribution in [0.25, 0.3) is 0 Å². The molecule has 1 aromatic carbocycles. The minimum absolute atomic E-state index is 0.0245. The van der Waals surface area contributed by atoms with Crippen LogP contribution in [0.1, 0.15) is 32.8 Å². The first kappa shape index (κ1) is 24.1. The van der Waals surface area contributed by atoms with Crippen molar-refractivity contribution in [1.82, 2.24) is 35.0 Å². The van der Waals surface area contributed by atoms with Crippen molar-refractivity contribution >= 4 is 17.7 Å². The summed E-state index contributed by atoms with van der Waals surface area (Å²) in [5, 5.41) is 3.07. The molecule has 0 radical (unpaired) electrons. The van der Waals surface area contributed by atoms with E-state index in [0.29, 0.717) is 50.3 Å². The van der Waals surface area contributed by atoms with Crippen molar-refractivity contribution < 1.29 is 19.1 Å². The number of amides is 3. The molecule has 5 heterocycles. The number of nitrogens with zero attached hydrogens (tertiary/aromatic N) is 5. The van der Waals surface area contributed by atoms with E-state index in [9.17, 15) is 14.4 Å². The Kier molecular flexibility index (Phi) is 6.50. The van der Waals surface area contributed by atoms with Crippen LogP contribution in [0.15, 0.2) is 61.2 Å². The van der Waals surface area contributed by atoms with Gasteiger partial charge in [0, 0.05) is 62.4 Å². The Bertz CT molecular complexity index is 1320. The van der Waals surface area contributed by atoms with E-state index in [2.05, 4.69) is 25.2 Å². The van der Waals surface area contributed by atoms with E-state index in [1.165, 1.54) is 0 Å². The fraction of sp³-hybridized carbons (Fsp3) is 0.370. The number of aromatic nitrogens is 3. The molecule has 11 heteroatoms. The summed E-state index contributed by atoms with van der Waals surface area (Å²) < 4.78 is 6.05. The van der Waals surface area contributed by atoms with E-state index >= 15 is 0 Å². The molecule has 38 heavy (non-hydrogen) atoms. The Morgan fingerprint density at radius 1 is 1.08 bits per heavy atom. The summed E-state index contributed by atoms with van der Waals surface area (Å²) in [6, 6.07) is 11.5. The average Bonchev–Trinajstić information content (AvgIpc) is 3.61. The number of nitrogens with one attached hydrogen (secondary N) is 2. The van der Waals surface area contributed by atoms with Crippen LogP contribution in [0.2, 0.25) is 0 Å². The van der Waals surface area contributed by atoms with Crippen LogP contribution in [0.5, 0.6) is 5.88 Å². The van der Waals surface area contributed by atoms with Crippen molar-refractivity contribution in [2.75, 3.05) is 32.8 Å². The van der Waals surface area contributed by atoms with Crippen LogP contribution < -0.4 is 10.1 Å². The predicted octanol–water partition coefficient (Wildman–Crippen LogP) is 0.923. The van der Waals surface area contributed by atoms with Gasteiger partial charge in [0.2, 0.25) is 11.8 Å². The first-order valence-electron chi connectivity index (χ1n) is 12.8. The SMILES string of the molecule is O=C1N[C@@H]2C[C@@H](C(=O)N3CCN(C(=O)c4ccccc4)C[C@H]3COc3ncccc31)N(Cc1cnc[nH]1)C2. The number of rotatable bonds is 3. The number of pyridine rings is 1. The summed E-state index contributed by atoms with van der Waals surface area (Å²) >= 11 is 0. The lowest BCUT2D eigenvalue weighted by Crippen LogP contribution is -2.61. The molecule has 2 bridgehead atoms. The summed E-state index contributed by atoms with van der Waals surface area (Å²) in [5.41, 5.74) is 1.85. The molecule has 3 aliphatic rings. The van der Waals surface area contributed by atoms with Crippen molar-refractivity contribution in [2.24, 2.45) is 0 Å². The van der Waals surface area contributed by atoms with E-state index in [0.717, 1.165) is 5.69 Å². The minimum Gasteiger partial charge on any atom is -0.475 e. The molecule has 2 saturated heterocycles. The van der Waals surface area contributed by atoms with Gasteiger partial charge >= 0.3 is 0 Å². The molecule has 0 aliphatic carbocycles. The normalized spacial score (nSPS) is 23.9. The second kappa shape index (κ2) is 10.3. The van der Waals surface area contributed by atoms with E-state index in [1.807, 2.05) is 23.1 Å². The predicted molar refractivity (Wildman–Crippen MR) is 136 cm³/mol. The quantitative estimate of drug-likeness (QED) is 0.532. The van der Waals surface area contributed by atoms with Gasteiger partial charge in [-0.05, 0) is 30.7 Å². The van der Waals surface area contributed by atoms with Crippen molar-refractivity contribution in [3.8, 4) is 5.88 Å². The molecule has 3 atom stereocenters. The number of imidazole rings is 1. The molecule has 196 valence electrons. The minimum atomic E-state index is -0.421. The van der Waals surface area contributed by atoms with Crippen LogP contribution in [-0.4, -0.2) is 98.3 Å². The Labute approximate surface area is 219 Å². The summed E-state index contributed by atoms with van der Waals surface area (Å²) in [4.78, 5) is 57.7. The summed E-state index contributed by atoms with van der Waals surface area (Å²) in [7, 11) is 0. The van der Waals surface area contributed by atoms with Crippen LogP contribution in [0, 0.1) is 0 Å². The van der Waals surface area contributed by atoms with Gasteiger partial charge in [-0.15, -0.1) is 0 Å². The molecule has 6 rings (SSSR count). The molecule has 2 fully saturated rings. The maximum Gasteiger partial charge on any atom is 0.257 e. The molecule has 0 saturated carbocycles. The number of carbonyl (C=O) groups is 3. The van der Waals surface area contributed by atoms with E-state index in [4.69, 9.17) is 4.74 Å². The monoisotopic (exact) mass is 515 g/mol. The number of hydrogen-bond acceptors (Lipinski definition) is 7. The second-order valence-electron chi connectivity index (χ2n) is 9.90. The number of aromatic amines is 1. The number of H-pyrrole nitrogens is 1. The summed E-state index contributed by atoms with van der Waals surface area (Å²) in [6.45, 7) is 2.29. The highest BCUT2D eigenvalue weighted by Gasteiger charge is 2.43. The maximum absolute atomic E-state index is 14.0. The summed E-state index contributed by atoms with van der Waals surface area (Å²) in [6.07, 6.45) is 5.42. The lowest BCUT2D eigenvalue weighted by Gasteiger charge is -2.43. The van der Waals surface area contributed by atoms with Crippen LogP contribution in [0.3, 0.4) is 0 Å². The highest BCUT2D eigenvalue weighted by atomic mass is 16.5. The lowest BCUT2D eigenvalue weighted by atomic mass is 10.1. The third-order valence-electron chi connectivity index (χ3n) is 7.45. The highest BCUT2D eigenvalue weighted by molar-refractivity contribution is 5.97. The first-order chi connectivity index (χ1) is 18.6. The molecule has 2 aromatic heterocycles. The van der Waals surface area contributed by atoms with Crippen molar-refractivity contribution in [2.45, 2.75) is 31.1 Å². The van der Waals surface area contributed by atoms with Gasteiger partial charge in [0.05, 0.1) is 18.4 Å². The largest absolute Gasteiger partial charge is 0.475 e. The Hall–Kier alpha value is -4.25. The average molecular weight is 516 g/mol. The number of benzene rings is 1. The molecule has 0 unspecified atom stereocenters. The number of piperazine rings is 1. The van der Waals surface area contributed by atoms with Gasteiger partial charge in [0.25, 0.3) is 11.8 Å². The smallest absolute Gasteiger partial charge is 0.257 e. The fourth-order valence-electron chi connectivity index (χ4n) is 5.57. The van der Waals surface area contributed by atoms with E-state index < -0.39 is 12.1 Å². The van der Waals surface area contributed by atoms with Gasteiger partial charge < -0.3 is 24.8 Å². The number of ether oxygens (including phenoxy) is 1. The Morgan fingerprint density at radius 2 is 1.95 bits per heavy atom. The zero-order chi connectivity index (χ0) is 26.1. The van der Waals surface area contributed by atoms with E-state index in [-0.39, 0.29) is 36.3 Å². The molecule has 0 spiro atoms. The van der Waals surface area contributed by atoms with Crippen LogP contribution in [0.4, 0.5) is 0 Å². The third-order valence-corrected chi connectivity index (χ3v) is 7.45. The molecule has 2 N–H and O–H groups in total. The van der Waals surface area contributed by atoms with Gasteiger partial charge in [0.15, 0.2) is 0 Å². The Balaban J connectivity index is 1.31. The first-order valence-corrected chi connectivity index (χ1v) is 12.8. The van der Waals surface area contributed by atoms with Crippen molar-refractivity contribution in [3.05, 3.63) is 78.0 Å². The number of carbonyl (C=O) groups excluding carboxylic acids is 3. The van der Waals surface area contributed by atoms with Gasteiger partial charge in [0.1, 0.15) is 12.2 Å². The molecular formula is C27H29N7O4. The van der Waals surface area contributed by atoms with Crippen molar-refractivity contribution in [1.29, 1.82) is 0 Å². The zero-order valence-corrected chi connectivity index (χ0v) is 20.8. The number of fused-ring (bicyclic) bond motifs is 4. The van der Waals surface area contributed by atoms with Gasteiger partial charge in [-0.25, -0.2) is 9.97 Å². The van der Waals surface area contributed by atoms with Crippen LogP contribution >= 0.6 is 0 Å². The molecule has 3 aromatic rings. The van der Waals surface area contributed by atoms with Gasteiger partial charge in [-0.2, -0.15) is 0 Å². The van der Waals surface area contributed by atoms with Crippen LogP contribution in [-0.2, 0) is 11.3 Å². The molecular weight excluding hydrogens is 486 g/mol. The maximum atomic E-state index is 14.0. The number of hydrogen-bond donors (Lipinski definition) is 2. The van der Waals surface area contributed by atoms with Gasteiger partial charge in [-0.3, -0.25) is 19.3 Å². The van der Waals surface area contributed by atoms with E-state index in [1.54, 1.807) is 47.9 Å². The molecule has 3 aliphatic heterocycles. The van der Waals surface area contributed by atoms with Crippen molar-refractivity contribution in [3.63, 3.8) is 0 Å². The fourth-order valence-corrected chi connectivity index (χ4v) is 5.57.